The molecular weight excluding hydrogens is 1270 g/mol. The summed E-state index contributed by atoms with van der Waals surface area (Å²) in [5.41, 5.74) is 5.16. The highest BCUT2D eigenvalue weighted by molar-refractivity contribution is 7.98. The molecule has 0 aliphatic heterocycles. The summed E-state index contributed by atoms with van der Waals surface area (Å²) >= 11 is 1.41. The first kappa shape index (κ1) is 64.2. The van der Waals surface area contributed by atoms with Crippen LogP contribution in [0, 0.1) is 23.3 Å². The monoisotopic (exact) mass is 1320 g/mol. The lowest BCUT2D eigenvalue weighted by Crippen LogP contribution is -2.05. The highest BCUT2D eigenvalue weighted by Crippen LogP contribution is 2.31. The molecule has 13 aromatic rings. The minimum absolute atomic E-state index is 0.154. The zero-order valence-electron chi connectivity index (χ0n) is 48.2. The van der Waals surface area contributed by atoms with Crippen molar-refractivity contribution in [2.45, 2.75) is 15.5 Å². The minimum Gasteiger partial charge on any atom is -0.424 e. The number of aromatic amines is 8. The number of para-hydroxylation sites is 1. The van der Waals surface area contributed by atoms with E-state index in [-0.39, 0.29) is 61.6 Å². The van der Waals surface area contributed by atoms with Crippen LogP contribution >= 0.6 is 11.8 Å². The highest BCUT2D eigenvalue weighted by atomic mass is 32.2. The van der Waals surface area contributed by atoms with Crippen LogP contribution < -0.4 is 27.0 Å². The number of thioether (sulfide) groups is 1. The van der Waals surface area contributed by atoms with Crippen molar-refractivity contribution in [3.63, 3.8) is 0 Å². The summed E-state index contributed by atoms with van der Waals surface area (Å²) in [7, 11) is -7.17. The predicted octanol–water partition coefficient (Wildman–Crippen LogP) is 9.19. The third-order valence-electron chi connectivity index (χ3n) is 13.0. The normalized spacial score (nSPS) is 11.1. The van der Waals surface area contributed by atoms with Crippen LogP contribution in [0.5, 0.6) is 11.8 Å². The number of rotatable bonds is 13. The van der Waals surface area contributed by atoms with E-state index in [0.717, 1.165) is 12.5 Å². The first-order chi connectivity index (χ1) is 44.6. The Labute approximate surface area is 525 Å². The van der Waals surface area contributed by atoms with Gasteiger partial charge in [-0.2, -0.15) is 4.98 Å². The summed E-state index contributed by atoms with van der Waals surface area (Å²) in [6.07, 6.45) is 9.62. The molecular formula is C61H46F4N16O9S3. The fraction of sp³-hybridized carbons (Fsp3) is 0.0492. The summed E-state index contributed by atoms with van der Waals surface area (Å²) in [4.78, 5) is 80.6. The van der Waals surface area contributed by atoms with Gasteiger partial charge in [-0.15, -0.1) is 0 Å². The molecule has 0 fully saturated rings. The van der Waals surface area contributed by atoms with Gasteiger partial charge in [0, 0.05) is 37.3 Å². The third-order valence-corrected chi connectivity index (χ3v) is 15.3. The second-order valence-corrected chi connectivity index (χ2v) is 24.0. The number of H-pyrrole nitrogens is 8. The summed E-state index contributed by atoms with van der Waals surface area (Å²) in [6.45, 7) is 0. The van der Waals surface area contributed by atoms with Gasteiger partial charge in [-0.05, 0) is 113 Å². The molecule has 0 saturated heterocycles. The van der Waals surface area contributed by atoms with Crippen molar-refractivity contribution in [1.29, 1.82) is 0 Å². The number of aromatic nitrogens is 16. The number of nitrogens with zero attached hydrogens (tertiary/aromatic N) is 8. The first-order valence-corrected chi connectivity index (χ1v) is 31.9. The molecule has 0 radical (unpaired) electrons. The molecule has 8 aromatic heterocycles. The van der Waals surface area contributed by atoms with Gasteiger partial charge in [0.15, 0.2) is 5.16 Å². The summed E-state index contributed by atoms with van der Waals surface area (Å²) in [5, 5.41) is 20.8. The smallest absolute Gasteiger partial charge is 0.322 e. The van der Waals surface area contributed by atoms with E-state index in [2.05, 4.69) is 80.7 Å². The van der Waals surface area contributed by atoms with Crippen LogP contribution in [0.4, 0.5) is 17.6 Å². The van der Waals surface area contributed by atoms with E-state index in [1.807, 2.05) is 24.5 Å². The number of sulfone groups is 2. The van der Waals surface area contributed by atoms with Gasteiger partial charge in [0.1, 0.15) is 29.0 Å². The summed E-state index contributed by atoms with van der Waals surface area (Å²) < 4.78 is 104. The van der Waals surface area contributed by atoms with Crippen LogP contribution in [0.3, 0.4) is 0 Å². The van der Waals surface area contributed by atoms with E-state index in [9.17, 15) is 53.6 Å². The van der Waals surface area contributed by atoms with E-state index in [1.54, 1.807) is 60.9 Å². The molecule has 0 amide bonds. The maximum absolute atomic E-state index is 13.2. The van der Waals surface area contributed by atoms with E-state index < -0.39 is 42.4 Å². The second kappa shape index (κ2) is 28.0. The Morgan fingerprint density at radius 2 is 0.667 bits per heavy atom. The van der Waals surface area contributed by atoms with Crippen LogP contribution in [0.2, 0.25) is 0 Å². The molecule has 93 heavy (non-hydrogen) atoms. The van der Waals surface area contributed by atoms with Gasteiger partial charge >= 0.3 is 6.01 Å². The number of halogens is 4. The molecule has 0 spiro atoms. The summed E-state index contributed by atoms with van der Waals surface area (Å²) in [6, 6.07) is 37.8. The average Bonchev–Trinajstić information content (AvgIpc) is 1.76. The molecule has 8 N–H and O–H groups in total. The zero-order valence-corrected chi connectivity index (χ0v) is 50.7. The largest absolute Gasteiger partial charge is 0.424 e. The van der Waals surface area contributed by atoms with Crippen molar-refractivity contribution in [2.24, 2.45) is 0 Å². The number of ether oxygens (including phenoxy) is 1. The van der Waals surface area contributed by atoms with Crippen molar-refractivity contribution in [2.75, 3.05) is 18.8 Å². The molecule has 0 bridgehead atoms. The molecule has 8 heterocycles. The minimum atomic E-state index is -3.58. The van der Waals surface area contributed by atoms with E-state index in [4.69, 9.17) is 4.74 Å². The first-order valence-electron chi connectivity index (χ1n) is 26.9. The Morgan fingerprint density at radius 1 is 0.366 bits per heavy atom. The zero-order chi connectivity index (χ0) is 66.0. The highest BCUT2D eigenvalue weighted by Gasteiger charge is 2.22. The van der Waals surface area contributed by atoms with Crippen molar-refractivity contribution in [3.05, 3.63) is 241 Å². The topological polar surface area (TPSA) is 375 Å². The molecule has 0 aliphatic carbocycles. The quantitative estimate of drug-likeness (QED) is 0.0303. The Kier molecular flexibility index (Phi) is 19.3. The lowest BCUT2D eigenvalue weighted by atomic mass is 10.0. The van der Waals surface area contributed by atoms with Gasteiger partial charge in [0.25, 0.3) is 22.2 Å². The maximum atomic E-state index is 13.2. The van der Waals surface area contributed by atoms with Gasteiger partial charge in [-0.1, -0.05) is 78.5 Å². The van der Waals surface area contributed by atoms with E-state index >= 15 is 0 Å². The molecule has 32 heteroatoms. The lowest BCUT2D eigenvalue weighted by Gasteiger charge is -2.06. The molecule has 470 valence electrons. The van der Waals surface area contributed by atoms with Crippen LogP contribution in [0.25, 0.3) is 90.1 Å². The van der Waals surface area contributed by atoms with Crippen molar-refractivity contribution in [3.8, 4) is 102 Å². The molecule has 0 unspecified atom stereocenters. The lowest BCUT2D eigenvalue weighted by molar-refractivity contribution is 0.442. The van der Waals surface area contributed by atoms with Gasteiger partial charge in [-0.25, -0.2) is 69.3 Å². The van der Waals surface area contributed by atoms with Crippen molar-refractivity contribution >= 4 is 31.4 Å². The Morgan fingerprint density at radius 3 is 0.989 bits per heavy atom. The van der Waals surface area contributed by atoms with Crippen LogP contribution in [-0.4, -0.2) is 116 Å². The van der Waals surface area contributed by atoms with Crippen molar-refractivity contribution in [1.82, 2.24) is 80.7 Å². The molecule has 13 rings (SSSR count). The Bertz CT molecular complexity index is 5110. The van der Waals surface area contributed by atoms with Crippen LogP contribution in [0.15, 0.2) is 211 Å². The van der Waals surface area contributed by atoms with Crippen LogP contribution in [0.1, 0.15) is 0 Å². The molecule has 0 atom stereocenters. The fourth-order valence-corrected chi connectivity index (χ4v) is 10.2. The number of nitrogens with one attached hydrogen (secondary N) is 8. The van der Waals surface area contributed by atoms with E-state index in [0.29, 0.717) is 78.5 Å². The molecule has 5 aromatic carbocycles. The van der Waals surface area contributed by atoms with Crippen LogP contribution in [-0.2, 0) is 19.7 Å². The van der Waals surface area contributed by atoms with Gasteiger partial charge in [0.2, 0.25) is 30.0 Å². The second-order valence-electron chi connectivity index (χ2n) is 19.4. The number of benzene rings is 5. The summed E-state index contributed by atoms with van der Waals surface area (Å²) in [5.74, 6) is -0.972. The molecule has 0 saturated carbocycles. The third kappa shape index (κ3) is 15.5. The fourth-order valence-electron chi connectivity index (χ4n) is 8.79. The maximum Gasteiger partial charge on any atom is 0.322 e. The average molecular weight is 1320 g/mol. The van der Waals surface area contributed by atoms with E-state index in [1.165, 1.54) is 109 Å². The Hall–Kier alpha value is -11.8. The SMILES string of the molecule is CS(=O)(=O)c1nccc(-c2[nH][nH]c(=O)c2-c2ccc(F)cc2)n1.CS(=O)(=O)c1nccc(-c2[nH][nH]c(=O)c2-c2ccc(F)cc2)n1.CSc1nccc(-c2[nH][nH]c(=O)c2-c2ccc(F)cc2)n1.O=c1[nH][nH]c(-c2ccnc(Oc3ccccc3)n2)c1-c1ccc(F)cc1. The van der Waals surface area contributed by atoms with Gasteiger partial charge in [0.05, 0.1) is 67.8 Å². The van der Waals surface area contributed by atoms with Gasteiger partial charge < -0.3 is 4.74 Å². The number of hydrogen-bond donors (Lipinski definition) is 8. The standard InChI is InChI=1S/C19H13FN4O2.2C14H11FN4O3S.C14H11FN4OS/c20-13-8-6-12(7-9-13)16-17(23-24-18(16)25)15-10-11-21-19(22-15)26-14-4-2-1-3-5-14;2*1-23(21,22)14-16-7-6-10(17-14)12-11(13(20)19-18-12)8-2-4-9(15)5-3-8;1-21-14-16-7-6-10(17-14)12-11(13(20)19-18-12)8-2-4-9(15)5-3-8/h1-11H,(H2,23,24,25);2*2-7H,1H3,(H2,18,19,20);2-7H,1H3,(H2,18,19,20). The predicted molar refractivity (Wildman–Crippen MR) is 336 cm³/mol. The van der Waals surface area contributed by atoms with Crippen molar-refractivity contribution < 1.29 is 39.1 Å². The van der Waals surface area contributed by atoms with Gasteiger partial charge in [-0.3, -0.25) is 60.0 Å². The molecule has 25 nitrogen and oxygen atoms in total. The Balaban J connectivity index is 0.000000136. The number of hydrogen-bond acceptors (Lipinski definition) is 18. The molecule has 0 aliphatic rings.